The summed E-state index contributed by atoms with van der Waals surface area (Å²) in [4.78, 5) is 55.2. The molecular formula is C33H40N6O6. The zero-order chi connectivity index (χ0) is 32.2. The Balaban J connectivity index is 1.43. The Kier molecular flexibility index (Phi) is 9.40. The number of phenols is 1. The minimum Gasteiger partial charge on any atom is -0.507 e. The molecule has 3 heterocycles. The number of hydrogen-bond acceptors (Lipinski definition) is 7. The number of fused-ring (bicyclic) bond motifs is 12. The highest BCUT2D eigenvalue weighted by atomic mass is 16.5. The van der Waals surface area contributed by atoms with Gasteiger partial charge in [0.1, 0.15) is 35.4 Å². The first-order valence-electron chi connectivity index (χ1n) is 15.3. The first-order chi connectivity index (χ1) is 21.5. The number of aromatic nitrogens is 2. The van der Waals surface area contributed by atoms with Gasteiger partial charge in [0.15, 0.2) is 0 Å². The molecular weight excluding hydrogens is 576 g/mol. The van der Waals surface area contributed by atoms with Crippen LogP contribution in [-0.4, -0.2) is 69.0 Å². The molecule has 4 bridgehead atoms. The number of amides is 4. The maximum atomic E-state index is 13.8. The summed E-state index contributed by atoms with van der Waals surface area (Å²) in [5, 5.41) is 26.1. The van der Waals surface area contributed by atoms with Crippen molar-refractivity contribution in [3.63, 3.8) is 0 Å². The molecule has 2 aromatic carbocycles. The van der Waals surface area contributed by atoms with Gasteiger partial charge in [-0.15, -0.1) is 0 Å². The Morgan fingerprint density at radius 2 is 1.71 bits per heavy atom. The molecule has 4 amide bonds. The Morgan fingerprint density at radius 3 is 2.44 bits per heavy atom. The lowest BCUT2D eigenvalue weighted by Crippen LogP contribution is -2.57. The molecule has 5 N–H and O–H groups in total. The molecule has 6 rings (SSSR count). The van der Waals surface area contributed by atoms with Crippen molar-refractivity contribution in [2.24, 2.45) is 5.92 Å². The van der Waals surface area contributed by atoms with Crippen LogP contribution in [0.2, 0.25) is 0 Å². The maximum absolute atomic E-state index is 13.8. The number of ether oxygens (including phenoxy) is 1. The number of benzene rings is 2. The molecule has 12 heteroatoms. The summed E-state index contributed by atoms with van der Waals surface area (Å²) in [5.41, 5.74) is 3.82. The average molecular weight is 617 g/mol. The van der Waals surface area contributed by atoms with Crippen molar-refractivity contribution in [1.29, 1.82) is 0 Å². The van der Waals surface area contributed by atoms with Crippen LogP contribution in [-0.2, 0) is 40.2 Å². The van der Waals surface area contributed by atoms with Gasteiger partial charge in [0.2, 0.25) is 17.7 Å². The number of aromatic amines is 1. The first-order valence-corrected chi connectivity index (χ1v) is 15.3. The first kappa shape index (κ1) is 31.6. The van der Waals surface area contributed by atoms with Gasteiger partial charge in [-0.2, -0.15) is 5.10 Å². The van der Waals surface area contributed by atoms with Crippen LogP contribution in [0, 0.1) is 5.92 Å². The van der Waals surface area contributed by atoms with E-state index in [9.17, 15) is 24.3 Å². The minimum atomic E-state index is -1.01. The van der Waals surface area contributed by atoms with Crippen molar-refractivity contribution in [3.05, 3.63) is 70.5 Å². The van der Waals surface area contributed by atoms with Crippen LogP contribution < -0.4 is 20.7 Å². The summed E-state index contributed by atoms with van der Waals surface area (Å²) in [6.45, 7) is 5.32. The van der Waals surface area contributed by atoms with E-state index in [1.165, 1.54) is 25.1 Å². The molecule has 0 unspecified atom stereocenters. The van der Waals surface area contributed by atoms with E-state index in [4.69, 9.17) is 4.74 Å². The average Bonchev–Trinajstić information content (AvgIpc) is 3.42. The van der Waals surface area contributed by atoms with Crippen LogP contribution in [0.1, 0.15) is 66.5 Å². The van der Waals surface area contributed by atoms with Crippen LogP contribution in [0.15, 0.2) is 42.5 Å². The molecule has 0 fully saturated rings. The summed E-state index contributed by atoms with van der Waals surface area (Å²) in [6, 6.07) is 8.37. The minimum absolute atomic E-state index is 0.0599. The second-order valence-corrected chi connectivity index (χ2v) is 12.1. The van der Waals surface area contributed by atoms with Gasteiger partial charge in [-0.1, -0.05) is 26.0 Å². The molecule has 0 spiro atoms. The van der Waals surface area contributed by atoms with Crippen LogP contribution in [0.25, 0.3) is 0 Å². The summed E-state index contributed by atoms with van der Waals surface area (Å²) < 4.78 is 5.94. The van der Waals surface area contributed by atoms with E-state index < -0.39 is 35.8 Å². The predicted octanol–water partition coefficient (Wildman–Crippen LogP) is 2.75. The van der Waals surface area contributed by atoms with Gasteiger partial charge in [0, 0.05) is 19.2 Å². The highest BCUT2D eigenvalue weighted by Gasteiger charge is 2.31. The molecule has 0 saturated heterocycles. The van der Waals surface area contributed by atoms with Crippen LogP contribution in [0.4, 0.5) is 0 Å². The standard InChI is InChI=1S/C33H40N6O6/c1-18(2)29-32(43)34-19(3)30(41)35-26(33(44)39(4)17-27-23-7-5-6-8-25(23)37-38-27)15-20-9-11-21(12-10-20)45-22-13-14-28(40)24(16-22)31(42)36-29/h9-14,16,18-19,26,29,40H,5-8,15,17H2,1-4H3,(H,34,43)(H,35,41)(H,36,42)(H,37,38)/t19-,26-,29-/m0/s1. The molecule has 2 aliphatic heterocycles. The number of phenolic OH excluding ortho intramolecular Hbond substituents is 1. The number of H-pyrrole nitrogens is 1. The molecule has 238 valence electrons. The molecule has 3 atom stereocenters. The molecule has 1 aliphatic carbocycles. The number of hydrogen-bond donors (Lipinski definition) is 5. The Bertz CT molecular complexity index is 1580. The van der Waals surface area contributed by atoms with Crippen molar-refractivity contribution in [1.82, 2.24) is 31.0 Å². The molecule has 45 heavy (non-hydrogen) atoms. The molecule has 0 radical (unpaired) electrons. The Labute approximate surface area is 261 Å². The molecule has 1 aromatic heterocycles. The third kappa shape index (κ3) is 7.27. The number of likely N-dealkylation sites (N-methyl/N-ethyl adjacent to an activating group) is 1. The number of carbonyl (C=O) groups is 4. The fourth-order valence-corrected chi connectivity index (χ4v) is 5.69. The summed E-state index contributed by atoms with van der Waals surface area (Å²) in [7, 11) is 1.69. The fourth-order valence-electron chi connectivity index (χ4n) is 5.69. The van der Waals surface area contributed by atoms with Crippen LogP contribution in [0.5, 0.6) is 17.2 Å². The number of carbonyl (C=O) groups excluding carboxylic acids is 4. The topological polar surface area (TPSA) is 166 Å². The third-order valence-corrected chi connectivity index (χ3v) is 8.32. The Hall–Kier alpha value is -4.87. The SMILES string of the molecule is CC(C)[C@@H]1NC(=O)c2cc(ccc2O)Oc2ccc(cc2)C[C@@H](C(=O)N(C)Cc2n[nH]c3c2CCCC3)NC(=O)[C@H](C)NC1=O. The summed E-state index contributed by atoms with van der Waals surface area (Å²) in [6.07, 6.45) is 4.24. The zero-order valence-electron chi connectivity index (χ0n) is 26.0. The largest absolute Gasteiger partial charge is 0.507 e. The van der Waals surface area contributed by atoms with Gasteiger partial charge in [0.05, 0.1) is 17.8 Å². The molecule has 3 aliphatic rings. The lowest BCUT2D eigenvalue weighted by Gasteiger charge is -2.27. The molecule has 0 saturated carbocycles. The second kappa shape index (κ2) is 13.4. The number of nitrogens with zero attached hydrogens (tertiary/aromatic N) is 2. The zero-order valence-corrected chi connectivity index (χ0v) is 26.0. The van der Waals surface area contributed by atoms with Gasteiger partial charge in [-0.3, -0.25) is 24.3 Å². The third-order valence-electron chi connectivity index (χ3n) is 8.32. The maximum Gasteiger partial charge on any atom is 0.255 e. The smallest absolute Gasteiger partial charge is 0.255 e. The van der Waals surface area contributed by atoms with Crippen molar-refractivity contribution in [3.8, 4) is 17.2 Å². The number of aryl methyl sites for hydroxylation is 1. The van der Waals surface area contributed by atoms with Gasteiger partial charge in [0.25, 0.3) is 5.91 Å². The Morgan fingerprint density at radius 1 is 1.00 bits per heavy atom. The van der Waals surface area contributed by atoms with E-state index >= 15 is 0 Å². The number of rotatable bonds is 4. The lowest BCUT2D eigenvalue weighted by atomic mass is 9.96. The van der Waals surface area contributed by atoms with Crippen molar-refractivity contribution in [2.45, 2.75) is 77.5 Å². The van der Waals surface area contributed by atoms with Gasteiger partial charge >= 0.3 is 0 Å². The summed E-state index contributed by atoms with van der Waals surface area (Å²) in [5.74, 6) is -1.93. The van der Waals surface area contributed by atoms with E-state index in [2.05, 4.69) is 26.1 Å². The van der Waals surface area contributed by atoms with Crippen LogP contribution in [0.3, 0.4) is 0 Å². The molecule has 12 nitrogen and oxygen atoms in total. The van der Waals surface area contributed by atoms with Gasteiger partial charge in [-0.25, -0.2) is 0 Å². The highest BCUT2D eigenvalue weighted by molar-refractivity contribution is 6.00. The normalized spacial score (nSPS) is 20.6. The highest BCUT2D eigenvalue weighted by Crippen LogP contribution is 2.28. The van der Waals surface area contributed by atoms with E-state index in [1.807, 2.05) is 0 Å². The number of nitrogens with one attached hydrogen (secondary N) is 4. The van der Waals surface area contributed by atoms with E-state index in [1.54, 1.807) is 50.1 Å². The lowest BCUT2D eigenvalue weighted by molar-refractivity contribution is -0.136. The van der Waals surface area contributed by atoms with E-state index in [0.29, 0.717) is 18.0 Å². The van der Waals surface area contributed by atoms with Crippen LogP contribution >= 0.6 is 0 Å². The van der Waals surface area contributed by atoms with Crippen molar-refractivity contribution >= 4 is 23.6 Å². The predicted molar refractivity (Wildman–Crippen MR) is 166 cm³/mol. The number of aromatic hydroxyl groups is 1. The van der Waals surface area contributed by atoms with E-state index in [-0.39, 0.29) is 29.6 Å². The quantitative estimate of drug-likeness (QED) is 0.281. The summed E-state index contributed by atoms with van der Waals surface area (Å²) >= 11 is 0. The van der Waals surface area contributed by atoms with Crippen molar-refractivity contribution < 1.29 is 29.0 Å². The van der Waals surface area contributed by atoms with Gasteiger partial charge in [-0.05, 0) is 80.0 Å². The fraction of sp³-hybridized carbons (Fsp3) is 0.424. The van der Waals surface area contributed by atoms with E-state index in [0.717, 1.165) is 48.2 Å². The second-order valence-electron chi connectivity index (χ2n) is 12.1. The monoisotopic (exact) mass is 616 g/mol. The molecule has 3 aromatic rings. The van der Waals surface area contributed by atoms with Gasteiger partial charge < -0.3 is 30.7 Å². The van der Waals surface area contributed by atoms with Crippen molar-refractivity contribution in [2.75, 3.05) is 7.05 Å².